The fourth-order valence-electron chi connectivity index (χ4n) is 2.33. The van der Waals surface area contributed by atoms with Crippen molar-refractivity contribution in [2.24, 2.45) is 5.10 Å². The van der Waals surface area contributed by atoms with Crippen LogP contribution in [0.5, 0.6) is 5.75 Å². The van der Waals surface area contributed by atoms with Gasteiger partial charge in [-0.15, -0.1) is 0 Å². The fourth-order valence-corrected chi connectivity index (χ4v) is 3.58. The molecule has 1 N–H and O–H groups in total. The molecule has 10 heteroatoms. The Kier molecular flexibility index (Phi) is 7.18. The zero-order valence-electron chi connectivity index (χ0n) is 14.7. The molecule has 3 rings (SSSR count). The molecule has 0 aliphatic heterocycles. The van der Waals surface area contributed by atoms with Crippen LogP contribution in [-0.4, -0.2) is 16.1 Å². The van der Waals surface area contributed by atoms with Crippen LogP contribution in [0.3, 0.4) is 0 Å². The lowest BCUT2D eigenvalue weighted by Crippen LogP contribution is -1.99. The van der Waals surface area contributed by atoms with E-state index in [0.29, 0.717) is 27.4 Å². The van der Waals surface area contributed by atoms with Crippen molar-refractivity contribution in [1.29, 1.82) is 0 Å². The van der Waals surface area contributed by atoms with E-state index in [9.17, 15) is 10.1 Å². The predicted molar refractivity (Wildman–Crippen MR) is 120 cm³/mol. The standard InChI is InChI=1S/C19H13Br2ClN4O3/c20-14-5-3-12(4-6-14)11-29-18-15(21)8-13(9-16(18)22)10-24-25-19-17(26(27)28)2-1-7-23-19/h1-10H,11H2,(H,23,25)/b24-10-. The molecule has 29 heavy (non-hydrogen) atoms. The summed E-state index contributed by atoms with van der Waals surface area (Å²) in [6.07, 6.45) is 2.92. The number of anilines is 1. The third-order valence-corrected chi connectivity index (χ3v) is 5.08. The lowest BCUT2D eigenvalue weighted by Gasteiger charge is -2.11. The van der Waals surface area contributed by atoms with Crippen LogP contribution in [0.4, 0.5) is 11.5 Å². The fraction of sp³-hybridized carbons (Fsp3) is 0.0526. The molecule has 0 bridgehead atoms. The molecule has 2 aromatic carbocycles. The van der Waals surface area contributed by atoms with Crippen molar-refractivity contribution in [2.45, 2.75) is 6.61 Å². The van der Waals surface area contributed by atoms with Crippen molar-refractivity contribution in [3.8, 4) is 5.75 Å². The van der Waals surface area contributed by atoms with Gasteiger partial charge in [0.2, 0.25) is 5.82 Å². The van der Waals surface area contributed by atoms with E-state index in [1.54, 1.807) is 12.1 Å². The number of rotatable bonds is 7. The Morgan fingerprint density at radius 2 is 2.00 bits per heavy atom. The first kappa shape index (κ1) is 21.2. The molecule has 0 spiro atoms. The van der Waals surface area contributed by atoms with E-state index in [1.165, 1.54) is 24.5 Å². The van der Waals surface area contributed by atoms with Crippen LogP contribution in [0.25, 0.3) is 0 Å². The van der Waals surface area contributed by atoms with Gasteiger partial charge in [0.05, 0.1) is 20.6 Å². The summed E-state index contributed by atoms with van der Waals surface area (Å²) in [5.41, 5.74) is 4.08. The first-order valence-electron chi connectivity index (χ1n) is 8.19. The molecule has 148 valence electrons. The van der Waals surface area contributed by atoms with Crippen molar-refractivity contribution >= 4 is 61.2 Å². The molecule has 7 nitrogen and oxygen atoms in total. The molecule has 1 aromatic heterocycles. The van der Waals surface area contributed by atoms with Crippen molar-refractivity contribution in [3.05, 3.63) is 89.9 Å². The zero-order valence-corrected chi connectivity index (χ0v) is 18.6. The molecule has 1 heterocycles. The lowest BCUT2D eigenvalue weighted by atomic mass is 10.2. The van der Waals surface area contributed by atoms with Crippen LogP contribution in [0.15, 0.2) is 68.8 Å². The summed E-state index contributed by atoms with van der Waals surface area (Å²) in [4.78, 5) is 14.4. The van der Waals surface area contributed by atoms with Crippen molar-refractivity contribution in [2.75, 3.05) is 5.43 Å². The summed E-state index contributed by atoms with van der Waals surface area (Å²) in [5.74, 6) is 0.563. The number of hydrogen-bond donors (Lipinski definition) is 1. The molecule has 0 saturated heterocycles. The monoisotopic (exact) mass is 538 g/mol. The van der Waals surface area contributed by atoms with Crippen LogP contribution >= 0.6 is 43.5 Å². The molecule has 0 aliphatic carbocycles. The third kappa shape index (κ3) is 5.75. The van der Waals surface area contributed by atoms with Crippen LogP contribution < -0.4 is 10.2 Å². The van der Waals surface area contributed by atoms with Crippen LogP contribution in [0.1, 0.15) is 11.1 Å². The summed E-state index contributed by atoms with van der Waals surface area (Å²) >= 11 is 13.2. The van der Waals surface area contributed by atoms with Crippen LogP contribution in [0, 0.1) is 10.1 Å². The van der Waals surface area contributed by atoms with E-state index in [1.807, 2.05) is 24.3 Å². The number of nitrogens with zero attached hydrogens (tertiary/aromatic N) is 3. The number of ether oxygens (including phenoxy) is 1. The Balaban J connectivity index is 1.69. The maximum absolute atomic E-state index is 11.0. The first-order valence-corrected chi connectivity index (χ1v) is 10.1. The molecule has 0 unspecified atom stereocenters. The van der Waals surface area contributed by atoms with Gasteiger partial charge in [-0.1, -0.05) is 39.7 Å². The third-order valence-electron chi connectivity index (χ3n) is 3.68. The van der Waals surface area contributed by atoms with Gasteiger partial charge < -0.3 is 4.74 Å². The summed E-state index contributed by atoms with van der Waals surface area (Å²) in [6, 6.07) is 14.1. The maximum atomic E-state index is 11.0. The average molecular weight is 541 g/mol. The Labute approximate surface area is 188 Å². The minimum Gasteiger partial charge on any atom is -0.486 e. The van der Waals surface area contributed by atoms with E-state index in [2.05, 4.69) is 47.4 Å². The van der Waals surface area contributed by atoms with Crippen LogP contribution in [-0.2, 0) is 6.61 Å². The molecule has 0 saturated carbocycles. The summed E-state index contributed by atoms with van der Waals surface area (Å²) in [6.45, 7) is 0.365. The van der Waals surface area contributed by atoms with E-state index < -0.39 is 4.92 Å². The van der Waals surface area contributed by atoms with Gasteiger partial charge in [0.25, 0.3) is 0 Å². The van der Waals surface area contributed by atoms with E-state index in [-0.39, 0.29) is 11.5 Å². The number of nitrogens with one attached hydrogen (secondary N) is 1. The molecular weight excluding hydrogens is 527 g/mol. The number of hydrazone groups is 1. The molecule has 0 fully saturated rings. The van der Waals surface area contributed by atoms with Gasteiger partial charge in [0.1, 0.15) is 6.61 Å². The van der Waals surface area contributed by atoms with E-state index >= 15 is 0 Å². The average Bonchev–Trinajstić information content (AvgIpc) is 2.69. The number of aromatic nitrogens is 1. The minimum atomic E-state index is -0.532. The molecule has 0 radical (unpaired) electrons. The predicted octanol–water partition coefficient (Wildman–Crippen LogP) is 6.19. The second kappa shape index (κ2) is 9.82. The number of benzene rings is 2. The lowest BCUT2D eigenvalue weighted by molar-refractivity contribution is -0.384. The number of nitro groups is 1. The quantitative estimate of drug-likeness (QED) is 0.219. The van der Waals surface area contributed by atoms with Gasteiger partial charge in [-0.05, 0) is 57.4 Å². The van der Waals surface area contributed by atoms with Crippen molar-refractivity contribution in [1.82, 2.24) is 4.98 Å². The van der Waals surface area contributed by atoms with Gasteiger partial charge in [-0.25, -0.2) is 4.98 Å². The topological polar surface area (TPSA) is 89.7 Å². The molecule has 3 aromatic rings. The highest BCUT2D eigenvalue weighted by molar-refractivity contribution is 9.10. The van der Waals surface area contributed by atoms with E-state index in [0.717, 1.165) is 10.0 Å². The summed E-state index contributed by atoms with van der Waals surface area (Å²) in [7, 11) is 0. The largest absolute Gasteiger partial charge is 0.486 e. The Morgan fingerprint density at radius 3 is 2.69 bits per heavy atom. The maximum Gasteiger partial charge on any atom is 0.313 e. The Morgan fingerprint density at radius 1 is 1.24 bits per heavy atom. The minimum absolute atomic E-state index is 0.0494. The summed E-state index contributed by atoms with van der Waals surface area (Å²) in [5, 5.41) is 15.4. The second-order valence-corrected chi connectivity index (χ2v) is 7.90. The number of hydrogen-bond acceptors (Lipinski definition) is 6. The SMILES string of the molecule is O=[N+]([O-])c1cccnc1N/N=C\c1cc(Cl)c(OCc2ccc(Br)cc2)c(Br)c1. The second-order valence-electron chi connectivity index (χ2n) is 5.73. The van der Waals surface area contributed by atoms with Gasteiger partial charge >= 0.3 is 5.69 Å². The number of pyridine rings is 1. The highest BCUT2D eigenvalue weighted by atomic mass is 79.9. The number of halogens is 3. The van der Waals surface area contributed by atoms with Gasteiger partial charge in [-0.3, -0.25) is 15.5 Å². The van der Waals surface area contributed by atoms with Crippen molar-refractivity contribution in [3.63, 3.8) is 0 Å². The van der Waals surface area contributed by atoms with Gasteiger partial charge in [-0.2, -0.15) is 5.10 Å². The highest BCUT2D eigenvalue weighted by Crippen LogP contribution is 2.34. The summed E-state index contributed by atoms with van der Waals surface area (Å²) < 4.78 is 7.48. The molecular formula is C19H13Br2ClN4O3. The Hall–Kier alpha value is -2.49. The first-order chi connectivity index (χ1) is 13.9. The molecule has 0 amide bonds. The van der Waals surface area contributed by atoms with Gasteiger partial charge in [0.15, 0.2) is 5.75 Å². The molecule has 0 aliphatic rings. The van der Waals surface area contributed by atoms with Gasteiger partial charge in [0, 0.05) is 16.7 Å². The molecule has 0 atom stereocenters. The smallest absolute Gasteiger partial charge is 0.313 e. The highest BCUT2D eigenvalue weighted by Gasteiger charge is 2.13. The normalized spacial score (nSPS) is 10.9. The van der Waals surface area contributed by atoms with Crippen molar-refractivity contribution < 1.29 is 9.66 Å². The van der Waals surface area contributed by atoms with Crippen LogP contribution in [0.2, 0.25) is 5.02 Å². The van der Waals surface area contributed by atoms with E-state index in [4.69, 9.17) is 16.3 Å². The Bertz CT molecular complexity index is 1040. The zero-order chi connectivity index (χ0) is 20.8.